The van der Waals surface area contributed by atoms with Crippen LogP contribution >= 0.6 is 0 Å². The number of likely N-dealkylation sites (N-methyl/N-ethyl adjacent to an activating group) is 1. The molecule has 0 radical (unpaired) electrons. The zero-order valence-electron chi connectivity index (χ0n) is 19.1. The molecule has 0 N–H and O–H groups in total. The van der Waals surface area contributed by atoms with E-state index < -0.39 is 0 Å². The molecule has 0 saturated carbocycles. The zero-order chi connectivity index (χ0) is 22.5. The van der Waals surface area contributed by atoms with Gasteiger partial charge in [0.2, 0.25) is 0 Å². The van der Waals surface area contributed by atoms with Gasteiger partial charge in [0.05, 0.1) is 11.7 Å². The van der Waals surface area contributed by atoms with E-state index in [4.69, 9.17) is 9.72 Å². The number of aromatic nitrogens is 3. The van der Waals surface area contributed by atoms with Gasteiger partial charge in [0, 0.05) is 37.5 Å². The lowest BCUT2D eigenvalue weighted by atomic mass is 10.1. The van der Waals surface area contributed by atoms with Gasteiger partial charge in [-0.15, -0.1) is 0 Å². The van der Waals surface area contributed by atoms with Crippen LogP contribution in [0.1, 0.15) is 47.7 Å². The molecule has 0 unspecified atom stereocenters. The lowest BCUT2D eigenvalue weighted by Crippen LogP contribution is -2.31. The first-order valence-electron chi connectivity index (χ1n) is 11.2. The fourth-order valence-corrected chi connectivity index (χ4v) is 4.09. The van der Waals surface area contributed by atoms with Gasteiger partial charge in [-0.3, -0.25) is 9.36 Å². The van der Waals surface area contributed by atoms with Crippen LogP contribution in [-0.2, 0) is 6.42 Å². The van der Waals surface area contributed by atoms with Crippen LogP contribution in [0.5, 0.6) is 5.75 Å². The minimum Gasteiger partial charge on any atom is -0.492 e. The Balaban J connectivity index is 1.49. The molecule has 4 rings (SSSR count). The predicted octanol–water partition coefficient (Wildman–Crippen LogP) is 3.75. The highest BCUT2D eigenvalue weighted by Crippen LogP contribution is 2.33. The van der Waals surface area contributed by atoms with Crippen molar-refractivity contribution in [3.8, 4) is 11.6 Å². The highest BCUT2D eigenvalue weighted by Gasteiger charge is 2.31. The van der Waals surface area contributed by atoms with Crippen molar-refractivity contribution in [1.82, 2.24) is 24.3 Å². The summed E-state index contributed by atoms with van der Waals surface area (Å²) < 4.78 is 7.76. The molecule has 1 amide bonds. The Morgan fingerprint density at radius 3 is 2.75 bits per heavy atom. The van der Waals surface area contributed by atoms with Crippen molar-refractivity contribution in [3.05, 3.63) is 71.9 Å². The molecule has 1 aliphatic heterocycles. The van der Waals surface area contributed by atoms with Gasteiger partial charge in [0.25, 0.3) is 5.91 Å². The molecule has 0 bridgehead atoms. The number of aryl methyl sites for hydroxylation is 1. The third-order valence-corrected chi connectivity index (χ3v) is 5.80. The van der Waals surface area contributed by atoms with Crippen LogP contribution in [0.4, 0.5) is 0 Å². The minimum absolute atomic E-state index is 0.0212. The molecule has 7 nitrogen and oxygen atoms in total. The quantitative estimate of drug-likeness (QED) is 0.541. The lowest BCUT2D eigenvalue weighted by Gasteiger charge is -2.25. The fraction of sp³-hybridized carbons (Fsp3) is 0.400. The molecule has 1 fully saturated rings. The summed E-state index contributed by atoms with van der Waals surface area (Å²) in [6, 6.07) is 13.4. The van der Waals surface area contributed by atoms with Crippen LogP contribution in [0.25, 0.3) is 5.82 Å². The van der Waals surface area contributed by atoms with E-state index >= 15 is 0 Å². The van der Waals surface area contributed by atoms with E-state index in [1.807, 2.05) is 72.2 Å². The van der Waals surface area contributed by atoms with Crippen molar-refractivity contribution in [1.29, 1.82) is 0 Å². The number of benzene rings is 1. The first-order valence-corrected chi connectivity index (χ1v) is 11.2. The minimum atomic E-state index is -0.0212. The second-order valence-corrected chi connectivity index (χ2v) is 8.32. The number of pyridine rings is 1. The predicted molar refractivity (Wildman–Crippen MR) is 124 cm³/mol. The van der Waals surface area contributed by atoms with Crippen molar-refractivity contribution >= 4 is 5.91 Å². The molecular weight excluding hydrogens is 402 g/mol. The molecular formula is C25H31N5O2. The summed E-state index contributed by atoms with van der Waals surface area (Å²) >= 11 is 0. The van der Waals surface area contributed by atoms with Gasteiger partial charge in [-0.1, -0.05) is 13.0 Å². The fourth-order valence-electron chi connectivity index (χ4n) is 4.09. The molecule has 3 aromatic rings. The number of amides is 1. The molecule has 0 spiro atoms. The van der Waals surface area contributed by atoms with Crippen molar-refractivity contribution < 1.29 is 9.53 Å². The average molecular weight is 434 g/mol. The van der Waals surface area contributed by atoms with Gasteiger partial charge in [0.1, 0.15) is 24.0 Å². The Hall–Kier alpha value is -3.19. The summed E-state index contributed by atoms with van der Waals surface area (Å²) in [6.45, 7) is 4.29. The third kappa shape index (κ3) is 4.83. The molecule has 1 atom stereocenters. The third-order valence-electron chi connectivity index (χ3n) is 5.80. The largest absolute Gasteiger partial charge is 0.492 e. The van der Waals surface area contributed by atoms with E-state index in [0.29, 0.717) is 12.2 Å². The average Bonchev–Trinajstić information content (AvgIpc) is 3.48. The smallest absolute Gasteiger partial charge is 0.254 e. The molecule has 3 heterocycles. The number of rotatable bonds is 8. The Morgan fingerprint density at radius 1 is 1.19 bits per heavy atom. The van der Waals surface area contributed by atoms with Crippen LogP contribution < -0.4 is 4.74 Å². The molecule has 1 aliphatic rings. The van der Waals surface area contributed by atoms with Crippen molar-refractivity contribution in [2.45, 2.75) is 32.2 Å². The van der Waals surface area contributed by atoms with Crippen LogP contribution in [0.15, 0.2) is 54.9 Å². The second-order valence-electron chi connectivity index (χ2n) is 8.32. The van der Waals surface area contributed by atoms with Crippen LogP contribution in [0.2, 0.25) is 0 Å². The number of carbonyl (C=O) groups is 1. The van der Waals surface area contributed by atoms with Gasteiger partial charge in [-0.25, -0.2) is 9.97 Å². The summed E-state index contributed by atoms with van der Waals surface area (Å²) in [5, 5.41) is 0. The Bertz CT molecular complexity index is 1040. The Morgan fingerprint density at radius 2 is 2.00 bits per heavy atom. The molecule has 32 heavy (non-hydrogen) atoms. The van der Waals surface area contributed by atoms with E-state index in [9.17, 15) is 4.79 Å². The number of hydrogen-bond donors (Lipinski definition) is 0. The Kier molecular flexibility index (Phi) is 6.85. The van der Waals surface area contributed by atoms with Crippen molar-refractivity contribution in [3.63, 3.8) is 0 Å². The standard InChI is InChI=1S/C25H31N5O2/c1-4-23-26-14-16-30(23)24-9-5-7-21(27-24)22-8-6-15-29(22)25(31)19-10-12-20(13-11-19)32-18-17-28(2)3/h5,7,9-14,16,22H,4,6,8,15,17-18H2,1-3H3/t22-/m0/s1. The summed E-state index contributed by atoms with van der Waals surface area (Å²) in [5.74, 6) is 2.64. The number of hydrogen-bond acceptors (Lipinski definition) is 5. The molecule has 1 aromatic carbocycles. The van der Waals surface area contributed by atoms with Gasteiger partial charge in [-0.2, -0.15) is 0 Å². The van der Waals surface area contributed by atoms with Gasteiger partial charge in [0.15, 0.2) is 0 Å². The number of ether oxygens (including phenoxy) is 1. The van der Waals surface area contributed by atoms with Crippen LogP contribution in [-0.4, -0.2) is 64.0 Å². The van der Waals surface area contributed by atoms with E-state index in [2.05, 4.69) is 16.8 Å². The number of imidazole rings is 1. The maximum absolute atomic E-state index is 13.3. The Labute approximate surface area is 189 Å². The maximum atomic E-state index is 13.3. The highest BCUT2D eigenvalue weighted by atomic mass is 16.5. The molecule has 0 aliphatic carbocycles. The first-order chi connectivity index (χ1) is 15.6. The first kappa shape index (κ1) is 22.0. The summed E-state index contributed by atoms with van der Waals surface area (Å²) in [6.07, 6.45) is 6.46. The maximum Gasteiger partial charge on any atom is 0.254 e. The number of likely N-dealkylation sites (tertiary alicyclic amines) is 1. The normalized spacial score (nSPS) is 16.0. The van der Waals surface area contributed by atoms with Gasteiger partial charge >= 0.3 is 0 Å². The van der Waals surface area contributed by atoms with Gasteiger partial charge < -0.3 is 14.5 Å². The zero-order valence-corrected chi connectivity index (χ0v) is 19.1. The van der Waals surface area contributed by atoms with E-state index in [-0.39, 0.29) is 11.9 Å². The summed E-state index contributed by atoms with van der Waals surface area (Å²) in [5.41, 5.74) is 1.60. The topological polar surface area (TPSA) is 63.5 Å². The number of nitrogens with zero attached hydrogens (tertiary/aromatic N) is 5. The summed E-state index contributed by atoms with van der Waals surface area (Å²) in [4.78, 5) is 26.6. The second kappa shape index (κ2) is 9.96. The van der Waals surface area contributed by atoms with Crippen molar-refractivity contribution in [2.75, 3.05) is 33.8 Å². The SMILES string of the molecule is CCc1nccn1-c1cccc([C@@H]2CCCN2C(=O)c2ccc(OCCN(C)C)cc2)n1. The molecule has 168 valence electrons. The molecule has 2 aromatic heterocycles. The monoisotopic (exact) mass is 433 g/mol. The van der Waals surface area contributed by atoms with E-state index in [1.54, 1.807) is 6.20 Å². The van der Waals surface area contributed by atoms with E-state index in [1.165, 1.54) is 0 Å². The van der Waals surface area contributed by atoms with Crippen LogP contribution in [0.3, 0.4) is 0 Å². The van der Waals surface area contributed by atoms with Crippen LogP contribution in [0, 0.1) is 0 Å². The summed E-state index contributed by atoms with van der Waals surface area (Å²) in [7, 11) is 4.03. The lowest BCUT2D eigenvalue weighted by molar-refractivity contribution is 0.0733. The highest BCUT2D eigenvalue weighted by molar-refractivity contribution is 5.94. The molecule has 7 heteroatoms. The van der Waals surface area contributed by atoms with E-state index in [0.717, 1.165) is 55.4 Å². The number of carbonyl (C=O) groups excluding carboxylic acids is 1. The van der Waals surface area contributed by atoms with Crippen molar-refractivity contribution in [2.24, 2.45) is 0 Å². The van der Waals surface area contributed by atoms with Gasteiger partial charge in [-0.05, 0) is 63.3 Å². The molecule has 1 saturated heterocycles.